The molecule has 0 heterocycles. The molecule has 1 atom stereocenters. The summed E-state index contributed by atoms with van der Waals surface area (Å²) in [5.74, 6) is 0.148. The average molecular weight is 258 g/mol. The summed E-state index contributed by atoms with van der Waals surface area (Å²) in [7, 11) is 0. The van der Waals surface area contributed by atoms with Gasteiger partial charge in [-0.15, -0.1) is 0 Å². The normalized spacial score (nSPS) is 17.4. The van der Waals surface area contributed by atoms with Crippen LogP contribution in [0.2, 0.25) is 0 Å². The minimum atomic E-state index is -0.435. The van der Waals surface area contributed by atoms with Crippen LogP contribution in [0.15, 0.2) is 42.0 Å². The zero-order valence-corrected chi connectivity index (χ0v) is 11.6. The molecule has 1 aliphatic carbocycles. The van der Waals surface area contributed by atoms with Crippen molar-refractivity contribution in [3.63, 3.8) is 0 Å². The van der Waals surface area contributed by atoms with Gasteiger partial charge in [0.15, 0.2) is 5.78 Å². The molecule has 0 aromatic heterocycles. The van der Waals surface area contributed by atoms with Crippen LogP contribution >= 0.6 is 0 Å². The quantitative estimate of drug-likeness (QED) is 0.790. The van der Waals surface area contributed by atoms with E-state index in [9.17, 15) is 4.79 Å². The largest absolute Gasteiger partial charge is 0.366 e. The fraction of sp³-hybridized carbons (Fsp3) is 0.471. The number of hydrogen-bond acceptors (Lipinski definition) is 2. The summed E-state index contributed by atoms with van der Waals surface area (Å²) < 4.78 is 5.69. The van der Waals surface area contributed by atoms with E-state index in [1.54, 1.807) is 0 Å². The van der Waals surface area contributed by atoms with Gasteiger partial charge in [-0.2, -0.15) is 0 Å². The average Bonchev–Trinajstić information content (AvgIpc) is 2.74. The Kier molecular flexibility index (Phi) is 5.34. The highest BCUT2D eigenvalue weighted by Gasteiger charge is 2.24. The van der Waals surface area contributed by atoms with Crippen LogP contribution < -0.4 is 0 Å². The van der Waals surface area contributed by atoms with Gasteiger partial charge in [-0.25, -0.2) is 0 Å². The molecule has 19 heavy (non-hydrogen) atoms. The molecule has 1 aromatic rings. The Labute approximate surface area is 115 Å². The maximum atomic E-state index is 12.6. The van der Waals surface area contributed by atoms with Gasteiger partial charge in [0, 0.05) is 6.61 Å². The van der Waals surface area contributed by atoms with Crippen LogP contribution in [0.1, 0.15) is 50.7 Å². The van der Waals surface area contributed by atoms with Gasteiger partial charge in [-0.05, 0) is 43.7 Å². The molecule has 1 aromatic carbocycles. The van der Waals surface area contributed by atoms with Crippen molar-refractivity contribution in [2.45, 2.75) is 45.1 Å². The van der Waals surface area contributed by atoms with E-state index in [2.05, 4.69) is 6.08 Å². The van der Waals surface area contributed by atoms with Crippen LogP contribution in [0.3, 0.4) is 0 Å². The smallest absolute Gasteiger partial charge is 0.191 e. The Morgan fingerprint density at radius 1 is 1.21 bits per heavy atom. The third kappa shape index (κ3) is 3.77. The summed E-state index contributed by atoms with van der Waals surface area (Å²) in [5, 5.41) is 0. The highest BCUT2D eigenvalue weighted by atomic mass is 16.5. The third-order valence-corrected chi connectivity index (χ3v) is 3.53. The van der Waals surface area contributed by atoms with E-state index in [4.69, 9.17) is 4.74 Å². The lowest BCUT2D eigenvalue weighted by atomic mass is 9.97. The van der Waals surface area contributed by atoms with E-state index in [0.717, 1.165) is 30.4 Å². The summed E-state index contributed by atoms with van der Waals surface area (Å²) in [5.41, 5.74) is 1.92. The third-order valence-electron chi connectivity index (χ3n) is 3.53. The van der Waals surface area contributed by atoms with Crippen LogP contribution in [0.25, 0.3) is 0 Å². The number of rotatable bonds is 5. The van der Waals surface area contributed by atoms with Crippen molar-refractivity contribution < 1.29 is 9.53 Å². The van der Waals surface area contributed by atoms with Gasteiger partial charge >= 0.3 is 0 Å². The Morgan fingerprint density at radius 3 is 2.74 bits per heavy atom. The van der Waals surface area contributed by atoms with Crippen molar-refractivity contribution in [2.24, 2.45) is 0 Å². The lowest BCUT2D eigenvalue weighted by molar-refractivity contribution is -0.127. The van der Waals surface area contributed by atoms with Crippen molar-refractivity contribution in [1.82, 2.24) is 0 Å². The van der Waals surface area contributed by atoms with Gasteiger partial charge < -0.3 is 4.74 Å². The molecule has 102 valence electrons. The second-order valence-electron chi connectivity index (χ2n) is 4.94. The van der Waals surface area contributed by atoms with Gasteiger partial charge in [0.05, 0.1) is 0 Å². The number of ether oxygens (including phenoxy) is 1. The van der Waals surface area contributed by atoms with E-state index in [0.29, 0.717) is 6.61 Å². The van der Waals surface area contributed by atoms with Gasteiger partial charge in [-0.1, -0.05) is 42.8 Å². The topological polar surface area (TPSA) is 26.3 Å². The lowest BCUT2D eigenvalue weighted by Crippen LogP contribution is -2.18. The fourth-order valence-electron chi connectivity index (χ4n) is 2.52. The molecule has 0 radical (unpaired) electrons. The van der Waals surface area contributed by atoms with Crippen molar-refractivity contribution >= 4 is 5.78 Å². The minimum Gasteiger partial charge on any atom is -0.366 e. The van der Waals surface area contributed by atoms with Gasteiger partial charge in [0.1, 0.15) is 6.10 Å². The first-order chi connectivity index (χ1) is 9.33. The first kappa shape index (κ1) is 14.0. The molecule has 0 saturated carbocycles. The zero-order valence-electron chi connectivity index (χ0n) is 11.6. The number of Topliss-reactive ketones (excluding diaryl/α,β-unsaturated/α-hetero) is 1. The van der Waals surface area contributed by atoms with Crippen LogP contribution in [0.5, 0.6) is 0 Å². The van der Waals surface area contributed by atoms with Gasteiger partial charge in [0.2, 0.25) is 0 Å². The molecule has 0 saturated heterocycles. The van der Waals surface area contributed by atoms with Gasteiger partial charge in [0.25, 0.3) is 0 Å². The molecule has 2 nitrogen and oxygen atoms in total. The monoisotopic (exact) mass is 258 g/mol. The predicted octanol–water partition coefficient (Wildman–Crippen LogP) is 4.22. The summed E-state index contributed by atoms with van der Waals surface area (Å²) in [4.78, 5) is 12.6. The van der Waals surface area contributed by atoms with Gasteiger partial charge in [-0.3, -0.25) is 4.79 Å². The maximum Gasteiger partial charge on any atom is 0.191 e. The minimum absolute atomic E-state index is 0.148. The SMILES string of the molecule is CCOC(C(=O)C1=CCCCCC1)c1ccccc1. The van der Waals surface area contributed by atoms with E-state index in [-0.39, 0.29) is 5.78 Å². The Bertz CT molecular complexity index is 434. The number of carbonyl (C=O) groups excluding carboxylic acids is 1. The van der Waals surface area contributed by atoms with Crippen LogP contribution in [-0.2, 0) is 9.53 Å². The number of benzene rings is 1. The zero-order chi connectivity index (χ0) is 13.5. The Balaban J connectivity index is 2.19. The fourth-order valence-corrected chi connectivity index (χ4v) is 2.52. The molecule has 0 fully saturated rings. The van der Waals surface area contributed by atoms with Crippen molar-refractivity contribution in [1.29, 1.82) is 0 Å². The maximum absolute atomic E-state index is 12.6. The second kappa shape index (κ2) is 7.25. The first-order valence-corrected chi connectivity index (χ1v) is 7.22. The second-order valence-corrected chi connectivity index (χ2v) is 4.94. The van der Waals surface area contributed by atoms with Crippen molar-refractivity contribution in [3.05, 3.63) is 47.5 Å². The molecule has 1 aliphatic rings. The molecule has 0 amide bonds. The summed E-state index contributed by atoms with van der Waals surface area (Å²) in [6.07, 6.45) is 7.13. The molecule has 1 unspecified atom stereocenters. The molecular formula is C17H22O2. The summed E-state index contributed by atoms with van der Waals surface area (Å²) >= 11 is 0. The van der Waals surface area contributed by atoms with Crippen LogP contribution in [-0.4, -0.2) is 12.4 Å². The lowest BCUT2D eigenvalue weighted by Gasteiger charge is -2.17. The highest BCUT2D eigenvalue weighted by Crippen LogP contribution is 2.26. The van der Waals surface area contributed by atoms with E-state index in [1.165, 1.54) is 12.8 Å². The van der Waals surface area contributed by atoms with Crippen molar-refractivity contribution in [3.8, 4) is 0 Å². The number of ketones is 1. The van der Waals surface area contributed by atoms with Crippen LogP contribution in [0.4, 0.5) is 0 Å². The summed E-state index contributed by atoms with van der Waals surface area (Å²) in [6.45, 7) is 2.49. The molecule has 0 aliphatic heterocycles. The molecular weight excluding hydrogens is 236 g/mol. The van der Waals surface area contributed by atoms with E-state index in [1.807, 2.05) is 37.3 Å². The highest BCUT2D eigenvalue weighted by molar-refractivity contribution is 5.99. The number of hydrogen-bond donors (Lipinski definition) is 0. The molecule has 2 rings (SSSR count). The summed E-state index contributed by atoms with van der Waals surface area (Å²) in [6, 6.07) is 9.80. The Hall–Kier alpha value is -1.41. The number of allylic oxidation sites excluding steroid dienone is 1. The van der Waals surface area contributed by atoms with E-state index < -0.39 is 6.10 Å². The Morgan fingerprint density at radius 2 is 2.00 bits per heavy atom. The molecule has 0 spiro atoms. The van der Waals surface area contributed by atoms with Crippen molar-refractivity contribution in [2.75, 3.05) is 6.61 Å². The predicted molar refractivity (Wildman–Crippen MR) is 77.0 cm³/mol. The van der Waals surface area contributed by atoms with Crippen LogP contribution in [0, 0.1) is 0 Å². The molecule has 2 heteroatoms. The number of carbonyl (C=O) groups is 1. The first-order valence-electron chi connectivity index (χ1n) is 7.22. The standard InChI is InChI=1S/C17H22O2/c1-2-19-17(15-12-8-5-9-13-15)16(18)14-10-6-3-4-7-11-14/h5,8-10,12-13,17H,2-4,6-7,11H2,1H3. The molecule has 0 N–H and O–H groups in total. The molecule has 0 bridgehead atoms. The van der Waals surface area contributed by atoms with E-state index >= 15 is 0 Å².